The summed E-state index contributed by atoms with van der Waals surface area (Å²) in [6.45, 7) is 8.85. The minimum absolute atomic E-state index is 0.00308. The van der Waals surface area contributed by atoms with Crippen molar-refractivity contribution in [1.29, 1.82) is 0 Å². The van der Waals surface area contributed by atoms with Crippen LogP contribution in [0.25, 0.3) is 0 Å². The van der Waals surface area contributed by atoms with Gasteiger partial charge < -0.3 is 14.2 Å². The number of aliphatic imine (C=N–C) groups is 1. The van der Waals surface area contributed by atoms with Crippen LogP contribution in [-0.2, 0) is 21.4 Å². The summed E-state index contributed by atoms with van der Waals surface area (Å²) >= 11 is 0. The van der Waals surface area contributed by atoms with Gasteiger partial charge in [0.05, 0.1) is 21.3 Å². The molecule has 5 nitrogen and oxygen atoms in total. The van der Waals surface area contributed by atoms with Crippen LogP contribution in [-0.4, -0.2) is 39.1 Å². The maximum Gasteiger partial charge on any atom is 0.333 e. The Morgan fingerprint density at radius 2 is 1.69 bits per heavy atom. The Morgan fingerprint density at radius 3 is 2.31 bits per heavy atom. The highest BCUT2D eigenvalue weighted by atomic mass is 16.5. The molecule has 0 bridgehead atoms. The molecule has 0 aromatic heterocycles. The lowest BCUT2D eigenvalue weighted by Gasteiger charge is -2.43. The van der Waals surface area contributed by atoms with Crippen LogP contribution in [0.2, 0.25) is 0 Å². The van der Waals surface area contributed by atoms with Crippen LogP contribution < -0.4 is 9.47 Å². The monoisotopic (exact) mass is 479 g/mol. The zero-order valence-electron chi connectivity index (χ0n) is 22.3. The Balaban J connectivity index is 1.92. The normalized spacial score (nSPS) is 22.4. The third-order valence-electron chi connectivity index (χ3n) is 7.78. The second kappa shape index (κ2) is 11.3. The predicted molar refractivity (Wildman–Crippen MR) is 142 cm³/mol. The summed E-state index contributed by atoms with van der Waals surface area (Å²) in [5.41, 5.74) is 1.25. The first kappa shape index (κ1) is 26.8. The van der Waals surface area contributed by atoms with Crippen molar-refractivity contribution in [3.05, 3.63) is 59.7 Å². The summed E-state index contributed by atoms with van der Waals surface area (Å²) < 4.78 is 16.0. The van der Waals surface area contributed by atoms with E-state index in [1.165, 1.54) is 19.1 Å². The molecular weight excluding hydrogens is 438 g/mol. The Labute approximate surface area is 210 Å². The molecule has 0 saturated heterocycles. The quantitative estimate of drug-likeness (QED) is 0.314. The first-order chi connectivity index (χ1) is 16.6. The second-order valence-corrected chi connectivity index (χ2v) is 10.7. The zero-order valence-corrected chi connectivity index (χ0v) is 22.3. The van der Waals surface area contributed by atoms with Gasteiger partial charge in [0.25, 0.3) is 0 Å². The number of rotatable bonds is 9. The molecule has 0 heterocycles. The number of carbonyl (C=O) groups is 1. The molecule has 35 heavy (non-hydrogen) atoms. The van der Waals surface area contributed by atoms with E-state index in [4.69, 9.17) is 19.2 Å². The van der Waals surface area contributed by atoms with Gasteiger partial charge in [-0.15, -0.1) is 0 Å². The summed E-state index contributed by atoms with van der Waals surface area (Å²) in [7, 11) is 4.64. The smallest absolute Gasteiger partial charge is 0.333 e. The standard InChI is InChI=1S/C30H41NO4/c1-21-13-15-25(29(2,3)24-11-9-8-10-12-24)23(17-21)20-31-30(4,28(32)35-7)19-22-14-16-26(33-5)27(18-22)34-6/h8-12,14,16,18,20-21,23,25H,13,15,17,19H2,1-7H3/t21-,23+,25-,30-/m1/s1. The molecule has 190 valence electrons. The molecular formula is C30H41NO4. The van der Waals surface area contributed by atoms with Crippen molar-refractivity contribution in [3.8, 4) is 11.5 Å². The van der Waals surface area contributed by atoms with E-state index in [0.717, 1.165) is 18.4 Å². The van der Waals surface area contributed by atoms with E-state index in [9.17, 15) is 4.79 Å². The first-order valence-corrected chi connectivity index (χ1v) is 12.5. The van der Waals surface area contributed by atoms with Crippen molar-refractivity contribution in [1.82, 2.24) is 0 Å². The van der Waals surface area contributed by atoms with Crippen molar-refractivity contribution >= 4 is 12.2 Å². The number of esters is 1. The van der Waals surface area contributed by atoms with E-state index in [1.54, 1.807) is 14.2 Å². The zero-order chi connectivity index (χ0) is 25.6. The number of hydrogen-bond donors (Lipinski definition) is 0. The van der Waals surface area contributed by atoms with Crippen molar-refractivity contribution in [2.75, 3.05) is 21.3 Å². The molecule has 0 radical (unpaired) electrons. The van der Waals surface area contributed by atoms with Crippen LogP contribution in [0.1, 0.15) is 58.1 Å². The predicted octanol–water partition coefficient (Wildman–Crippen LogP) is 6.28. The number of ether oxygens (including phenoxy) is 3. The van der Waals surface area contributed by atoms with Crippen LogP contribution >= 0.6 is 0 Å². The fraction of sp³-hybridized carbons (Fsp3) is 0.533. The van der Waals surface area contributed by atoms with E-state index in [-0.39, 0.29) is 17.3 Å². The molecule has 1 aliphatic rings. The van der Waals surface area contributed by atoms with E-state index in [0.29, 0.717) is 29.8 Å². The molecule has 0 aliphatic heterocycles. The van der Waals surface area contributed by atoms with Crippen molar-refractivity contribution in [3.63, 3.8) is 0 Å². The summed E-state index contributed by atoms with van der Waals surface area (Å²) in [5, 5.41) is 0. The SMILES string of the molecule is COC(=O)[C@@](C)(Cc1ccc(OC)c(OC)c1)N=C[C@@H]1C[C@H](C)CC[C@H]1C(C)(C)c1ccccc1. The minimum atomic E-state index is -1.03. The second-order valence-electron chi connectivity index (χ2n) is 10.7. The van der Waals surface area contributed by atoms with Crippen molar-refractivity contribution in [2.45, 2.75) is 64.3 Å². The third-order valence-corrected chi connectivity index (χ3v) is 7.78. The molecule has 0 spiro atoms. The lowest BCUT2D eigenvalue weighted by atomic mass is 9.61. The molecule has 0 N–H and O–H groups in total. The maximum atomic E-state index is 13.0. The average Bonchev–Trinajstić information content (AvgIpc) is 2.87. The Hall–Kier alpha value is -2.82. The largest absolute Gasteiger partial charge is 0.493 e. The van der Waals surface area contributed by atoms with Crippen LogP contribution in [0, 0.1) is 17.8 Å². The van der Waals surface area contributed by atoms with Crippen LogP contribution in [0.4, 0.5) is 0 Å². The molecule has 0 unspecified atom stereocenters. The van der Waals surface area contributed by atoms with Gasteiger partial charge in [-0.2, -0.15) is 0 Å². The first-order valence-electron chi connectivity index (χ1n) is 12.5. The lowest BCUT2D eigenvalue weighted by molar-refractivity contribution is -0.146. The number of nitrogens with zero attached hydrogens (tertiary/aromatic N) is 1. The van der Waals surface area contributed by atoms with Crippen molar-refractivity contribution in [2.24, 2.45) is 22.7 Å². The van der Waals surface area contributed by atoms with Gasteiger partial charge in [0, 0.05) is 12.6 Å². The van der Waals surface area contributed by atoms with Gasteiger partial charge in [-0.3, -0.25) is 4.99 Å². The Bertz CT molecular complexity index is 1020. The number of hydrogen-bond acceptors (Lipinski definition) is 5. The molecule has 5 heteroatoms. The summed E-state index contributed by atoms with van der Waals surface area (Å²) in [5.74, 6) is 2.29. The molecule has 2 aromatic rings. The number of methoxy groups -OCH3 is 3. The Kier molecular flexibility index (Phi) is 8.63. The Morgan fingerprint density at radius 1 is 1.00 bits per heavy atom. The average molecular weight is 480 g/mol. The molecule has 2 aromatic carbocycles. The molecule has 3 rings (SSSR count). The third kappa shape index (κ3) is 6.06. The van der Waals surface area contributed by atoms with Gasteiger partial charge in [-0.25, -0.2) is 4.79 Å². The van der Waals surface area contributed by atoms with Crippen LogP contribution in [0.5, 0.6) is 11.5 Å². The van der Waals surface area contributed by atoms with Crippen LogP contribution in [0.3, 0.4) is 0 Å². The molecule has 4 atom stereocenters. The van der Waals surface area contributed by atoms with Gasteiger partial charge >= 0.3 is 5.97 Å². The van der Waals surface area contributed by atoms with Gasteiger partial charge in [0.1, 0.15) is 0 Å². The molecule has 1 saturated carbocycles. The van der Waals surface area contributed by atoms with E-state index in [1.807, 2.05) is 25.1 Å². The summed E-state index contributed by atoms with van der Waals surface area (Å²) in [6, 6.07) is 16.5. The van der Waals surface area contributed by atoms with Gasteiger partial charge in [-0.05, 0) is 66.2 Å². The fourth-order valence-electron chi connectivity index (χ4n) is 5.61. The molecule has 1 fully saturated rings. The minimum Gasteiger partial charge on any atom is -0.493 e. The van der Waals surface area contributed by atoms with E-state index in [2.05, 4.69) is 57.3 Å². The topological polar surface area (TPSA) is 57.1 Å². The highest BCUT2D eigenvalue weighted by Crippen LogP contribution is 2.45. The summed E-state index contributed by atoms with van der Waals surface area (Å²) in [6.07, 6.45) is 5.89. The maximum absolute atomic E-state index is 13.0. The van der Waals surface area contributed by atoms with E-state index >= 15 is 0 Å². The van der Waals surface area contributed by atoms with Crippen LogP contribution in [0.15, 0.2) is 53.5 Å². The van der Waals surface area contributed by atoms with Crippen molar-refractivity contribution < 1.29 is 19.0 Å². The fourth-order valence-corrected chi connectivity index (χ4v) is 5.61. The number of carbonyl (C=O) groups excluding carboxylic acids is 1. The lowest BCUT2D eigenvalue weighted by Crippen LogP contribution is -2.41. The number of benzene rings is 2. The van der Waals surface area contributed by atoms with Gasteiger partial charge in [0.2, 0.25) is 0 Å². The highest BCUT2D eigenvalue weighted by molar-refractivity contribution is 5.83. The summed E-state index contributed by atoms with van der Waals surface area (Å²) in [4.78, 5) is 17.9. The highest BCUT2D eigenvalue weighted by Gasteiger charge is 2.40. The molecule has 0 amide bonds. The molecule has 1 aliphatic carbocycles. The van der Waals surface area contributed by atoms with E-state index < -0.39 is 5.54 Å². The van der Waals surface area contributed by atoms with Gasteiger partial charge in [0.15, 0.2) is 17.0 Å². The van der Waals surface area contributed by atoms with Gasteiger partial charge in [-0.1, -0.05) is 63.6 Å².